The first-order chi connectivity index (χ1) is 3.00. The van der Waals surface area contributed by atoms with Crippen LogP contribution in [-0.4, -0.2) is 70.8 Å². The summed E-state index contributed by atoms with van der Waals surface area (Å²) in [5.41, 5.74) is 0. The Kier molecular flexibility index (Phi) is 50.6. The van der Waals surface area contributed by atoms with Crippen molar-refractivity contribution in [3.63, 3.8) is 0 Å². The summed E-state index contributed by atoms with van der Waals surface area (Å²) in [6.45, 7) is 0. The van der Waals surface area contributed by atoms with Gasteiger partial charge in [-0.25, -0.2) is 0 Å². The zero-order chi connectivity index (χ0) is 6.50. The fourth-order valence-electron chi connectivity index (χ4n) is 0. The van der Waals surface area contributed by atoms with Crippen LogP contribution >= 0.6 is 0 Å². The van der Waals surface area contributed by atoms with Crippen LogP contribution in [0.1, 0.15) is 0 Å². The first-order valence-corrected chi connectivity index (χ1v) is 3.32. The molecule has 10 heteroatoms. The van der Waals surface area contributed by atoms with E-state index in [0.717, 1.165) is 0 Å². The summed E-state index contributed by atoms with van der Waals surface area (Å²) < 4.78 is 8.28. The van der Waals surface area contributed by atoms with Crippen LogP contribution in [0, 0.1) is 0 Å². The molecule has 0 amide bonds. The molecule has 0 aromatic heterocycles. The Bertz CT molecular complexity index is 37.5. The zero-order valence-electron chi connectivity index (χ0n) is 5.16. The van der Waals surface area contributed by atoms with Crippen molar-refractivity contribution in [1.82, 2.24) is 0 Å². The summed E-state index contributed by atoms with van der Waals surface area (Å²) in [7, 11) is -5.00. The van der Waals surface area contributed by atoms with Crippen molar-refractivity contribution < 1.29 is 29.1 Å². The van der Waals surface area contributed by atoms with E-state index in [4.69, 9.17) is 23.6 Å². The normalized spacial score (nSPS) is 6.40. The smallest absolute Gasteiger partial charge is 0.894 e. The molecule has 10 heavy (non-hydrogen) atoms. The molecule has 0 saturated heterocycles. The molecular weight excluding hydrogens is 201 g/mol. The second-order valence-electron chi connectivity index (χ2n) is 0.500. The van der Waals surface area contributed by atoms with Gasteiger partial charge in [-0.15, -0.1) is 0 Å². The molecule has 0 atom stereocenters. The predicted octanol–water partition coefficient (Wildman–Crippen LogP) is -7.76. The minimum absolute atomic E-state index is 0. The topological polar surface area (TPSA) is 141 Å². The Morgan fingerprint density at radius 1 is 0.900 bits per heavy atom. The predicted molar refractivity (Wildman–Crippen MR) is 30.1 cm³/mol. The van der Waals surface area contributed by atoms with E-state index in [0.29, 0.717) is 10.1 Å². The second-order valence-corrected chi connectivity index (χ2v) is 1.50. The SMILES string of the molecule is O.O=[SiH2].[Mg+2].[Mg+2].[O-][Si]([O-])([O-])[O-]. The third-order valence-electron chi connectivity index (χ3n) is 0. The van der Waals surface area contributed by atoms with Crippen molar-refractivity contribution in [1.29, 1.82) is 0 Å². The maximum Gasteiger partial charge on any atom is 2.00 e. The van der Waals surface area contributed by atoms with Crippen LogP contribution in [-0.2, 0) is 4.46 Å². The van der Waals surface area contributed by atoms with E-state index in [9.17, 15) is 0 Å². The molecule has 0 fully saturated rings. The van der Waals surface area contributed by atoms with Crippen LogP contribution in [0.4, 0.5) is 0 Å². The van der Waals surface area contributed by atoms with Gasteiger partial charge in [0.25, 0.3) is 0 Å². The van der Waals surface area contributed by atoms with Gasteiger partial charge in [0.2, 0.25) is 10.1 Å². The minimum atomic E-state index is -5.61. The van der Waals surface area contributed by atoms with Gasteiger partial charge in [0.15, 0.2) is 0 Å². The van der Waals surface area contributed by atoms with Gasteiger partial charge < -0.3 is 38.2 Å². The summed E-state index contributed by atoms with van der Waals surface area (Å²) in [6.07, 6.45) is 0. The molecule has 0 rings (SSSR count). The molecule has 0 aliphatic carbocycles. The molecule has 6 nitrogen and oxygen atoms in total. The Balaban J connectivity index is -0.0000000154. The second kappa shape index (κ2) is 16.9. The number of hydrogen-bond acceptors (Lipinski definition) is 5. The van der Waals surface area contributed by atoms with E-state index < -0.39 is 9.05 Å². The monoisotopic (exact) mass is 204 g/mol. The summed E-state index contributed by atoms with van der Waals surface area (Å²) in [4.78, 5) is 34.3. The average molecular weight is 205 g/mol. The Hall–Kier alpha value is 1.57. The van der Waals surface area contributed by atoms with Crippen molar-refractivity contribution in [3.8, 4) is 0 Å². The van der Waals surface area contributed by atoms with Crippen molar-refractivity contribution in [3.05, 3.63) is 0 Å². The molecule has 2 N–H and O–H groups in total. The number of rotatable bonds is 0. The number of hydrogen-bond donors (Lipinski definition) is 0. The molecule has 0 aliphatic rings. The van der Waals surface area contributed by atoms with Gasteiger partial charge in [-0.05, 0) is 0 Å². The molecule has 52 valence electrons. The van der Waals surface area contributed by atoms with Gasteiger partial charge >= 0.3 is 46.1 Å². The van der Waals surface area contributed by atoms with Crippen molar-refractivity contribution in [2.45, 2.75) is 0 Å². The van der Waals surface area contributed by atoms with E-state index in [1.165, 1.54) is 0 Å². The van der Waals surface area contributed by atoms with Crippen LogP contribution in [0.25, 0.3) is 0 Å². The molecule has 0 aromatic carbocycles. The molecule has 0 unspecified atom stereocenters. The van der Waals surface area contributed by atoms with Gasteiger partial charge in [-0.3, -0.25) is 0 Å². The van der Waals surface area contributed by atoms with Gasteiger partial charge in [0.1, 0.15) is 0 Å². The maximum atomic E-state index is 8.58. The standard InChI is InChI=1S/2Mg.O4Si.H2OSi.H2O/c;;1-5(2,3)4;1-2;/h;;;2H2;1H2/q2*+2;-4;;. The Morgan fingerprint density at radius 2 is 0.900 bits per heavy atom. The van der Waals surface area contributed by atoms with E-state index in [2.05, 4.69) is 0 Å². The molecular formula is H4Mg2O6Si2. The average Bonchev–Trinajstić information content (AvgIpc) is 1.36. The Morgan fingerprint density at radius 3 is 0.900 bits per heavy atom. The summed E-state index contributed by atoms with van der Waals surface area (Å²) in [5, 5.41) is 0. The molecule has 0 spiro atoms. The molecule has 0 bridgehead atoms. The van der Waals surface area contributed by atoms with Gasteiger partial charge in [-0.1, -0.05) is 0 Å². The summed E-state index contributed by atoms with van der Waals surface area (Å²) in [5.74, 6) is 0. The van der Waals surface area contributed by atoms with Gasteiger partial charge in [0, 0.05) is 0 Å². The van der Waals surface area contributed by atoms with Crippen molar-refractivity contribution in [2.24, 2.45) is 0 Å². The first-order valence-electron chi connectivity index (χ1n) is 1.11. The van der Waals surface area contributed by atoms with E-state index in [1.807, 2.05) is 0 Å². The maximum absolute atomic E-state index is 8.58. The summed E-state index contributed by atoms with van der Waals surface area (Å²) in [6, 6.07) is 0. The molecule has 0 aromatic rings. The van der Waals surface area contributed by atoms with Crippen LogP contribution in [0.2, 0.25) is 0 Å². The molecule has 0 radical (unpaired) electrons. The fraction of sp³-hybridized carbons (Fsp3) is 0. The largest absolute Gasteiger partial charge is 2.00 e. The summed E-state index contributed by atoms with van der Waals surface area (Å²) >= 11 is 0. The van der Waals surface area contributed by atoms with E-state index in [-0.39, 0.29) is 51.6 Å². The first kappa shape index (κ1) is 30.0. The van der Waals surface area contributed by atoms with Crippen LogP contribution in [0.5, 0.6) is 0 Å². The van der Waals surface area contributed by atoms with Crippen molar-refractivity contribution in [2.75, 3.05) is 0 Å². The van der Waals surface area contributed by atoms with Gasteiger partial charge in [0.05, 0.1) is 0 Å². The Labute approximate surface area is 93.8 Å². The van der Waals surface area contributed by atoms with E-state index >= 15 is 0 Å². The molecule has 0 saturated carbocycles. The van der Waals surface area contributed by atoms with Crippen LogP contribution in [0.15, 0.2) is 0 Å². The van der Waals surface area contributed by atoms with Crippen molar-refractivity contribution >= 4 is 65.3 Å². The molecule has 0 aliphatic heterocycles. The quantitative estimate of drug-likeness (QED) is 0.361. The van der Waals surface area contributed by atoms with Crippen LogP contribution < -0.4 is 19.2 Å². The fourth-order valence-corrected chi connectivity index (χ4v) is 0. The zero-order valence-corrected chi connectivity index (χ0v) is 10.4. The minimum Gasteiger partial charge on any atom is -0.894 e. The van der Waals surface area contributed by atoms with Gasteiger partial charge in [-0.2, -0.15) is 0 Å². The van der Waals surface area contributed by atoms with E-state index in [1.54, 1.807) is 0 Å². The molecule has 0 heterocycles. The third kappa shape index (κ3) is 286. The third-order valence-corrected chi connectivity index (χ3v) is 0. The van der Waals surface area contributed by atoms with Crippen LogP contribution in [0.3, 0.4) is 0 Å².